The van der Waals surface area contributed by atoms with Crippen LogP contribution in [0.2, 0.25) is 0 Å². The Kier molecular flexibility index (Phi) is 9.78. The number of alkyl halides is 3. The number of carbonyl (C=O) groups is 1. The predicted octanol–water partition coefficient (Wildman–Crippen LogP) is 2.45. The van der Waals surface area contributed by atoms with E-state index < -0.39 is 15.6 Å². The Balaban J connectivity index is 0. The molecular formula is C11H21F3O4S2. The number of hydrogen-bond acceptors (Lipinski definition) is 4. The summed E-state index contributed by atoms with van der Waals surface area (Å²) in [7, 11) is -5.80. The summed E-state index contributed by atoms with van der Waals surface area (Å²) in [5.41, 5.74) is -5.65. The molecule has 0 saturated heterocycles. The van der Waals surface area contributed by atoms with E-state index in [1.165, 1.54) is 0 Å². The van der Waals surface area contributed by atoms with Crippen molar-refractivity contribution >= 4 is 26.8 Å². The third kappa shape index (κ3) is 9.60. The fraction of sp³-hybridized carbons (Fsp3) is 0.909. The van der Waals surface area contributed by atoms with Gasteiger partial charge in [-0.2, -0.15) is 13.2 Å². The van der Waals surface area contributed by atoms with Gasteiger partial charge in [-0.3, -0.25) is 4.79 Å². The lowest BCUT2D eigenvalue weighted by Gasteiger charge is -2.14. The Morgan fingerprint density at radius 2 is 1.45 bits per heavy atom. The summed E-state index contributed by atoms with van der Waals surface area (Å²) in [6.45, 7) is 10.8. The smallest absolute Gasteiger partial charge is 0.485 e. The first kappa shape index (κ1) is 22.0. The Labute approximate surface area is 121 Å². The first-order chi connectivity index (χ1) is 8.74. The molecule has 0 rings (SSSR count). The van der Waals surface area contributed by atoms with Gasteiger partial charge in [0, 0.05) is 6.42 Å². The van der Waals surface area contributed by atoms with Crippen molar-refractivity contribution in [2.24, 2.45) is 0 Å². The van der Waals surface area contributed by atoms with Crippen molar-refractivity contribution in [3.8, 4) is 0 Å². The van der Waals surface area contributed by atoms with E-state index in [0.717, 1.165) is 5.75 Å². The molecule has 122 valence electrons. The van der Waals surface area contributed by atoms with Crippen LogP contribution in [0.5, 0.6) is 0 Å². The second-order valence-corrected chi connectivity index (χ2v) is 8.99. The molecule has 0 bridgehead atoms. The first-order valence-corrected chi connectivity index (χ1v) is 8.89. The van der Waals surface area contributed by atoms with Crippen LogP contribution >= 0.6 is 0 Å². The average molecular weight is 338 g/mol. The highest BCUT2D eigenvalue weighted by atomic mass is 32.2. The van der Waals surface area contributed by atoms with Crippen LogP contribution in [-0.4, -0.2) is 40.5 Å². The highest BCUT2D eigenvalue weighted by molar-refractivity contribution is 7.98. The summed E-state index contributed by atoms with van der Waals surface area (Å²) < 4.78 is 58.9. The van der Waals surface area contributed by atoms with Crippen LogP contribution in [0.4, 0.5) is 13.2 Å². The van der Waals surface area contributed by atoms with Crippen molar-refractivity contribution in [2.75, 3.05) is 5.75 Å². The Morgan fingerprint density at radius 1 is 1.15 bits per heavy atom. The quantitative estimate of drug-likeness (QED) is 0.438. The molecule has 0 fully saturated rings. The molecule has 0 atom stereocenters. The van der Waals surface area contributed by atoms with Gasteiger partial charge in [-0.1, -0.05) is 6.92 Å². The van der Waals surface area contributed by atoms with Crippen LogP contribution in [0.15, 0.2) is 0 Å². The van der Waals surface area contributed by atoms with Gasteiger partial charge >= 0.3 is 5.51 Å². The van der Waals surface area contributed by atoms with E-state index in [-0.39, 0.29) is 0 Å². The SMILES string of the molecule is CCC(=O)C[S+](C(C)C)C(C)C.O=S(=O)([O-])C(F)(F)F. The van der Waals surface area contributed by atoms with Gasteiger partial charge in [-0.15, -0.1) is 0 Å². The van der Waals surface area contributed by atoms with Crippen LogP contribution in [0.25, 0.3) is 0 Å². The number of rotatable bonds is 5. The lowest BCUT2D eigenvalue weighted by Crippen LogP contribution is -2.31. The molecule has 4 nitrogen and oxygen atoms in total. The van der Waals surface area contributed by atoms with E-state index in [4.69, 9.17) is 13.0 Å². The Hall–Kier alpha value is -0.280. The number of hydrogen-bond donors (Lipinski definition) is 0. The predicted molar refractivity (Wildman–Crippen MR) is 73.6 cm³/mol. The number of ketones is 1. The summed E-state index contributed by atoms with van der Waals surface area (Å²) in [4.78, 5) is 11.2. The minimum absolute atomic E-state index is 0.293. The summed E-state index contributed by atoms with van der Waals surface area (Å²) in [5.74, 6) is 1.21. The topological polar surface area (TPSA) is 74.3 Å². The van der Waals surface area contributed by atoms with Crippen molar-refractivity contribution in [2.45, 2.75) is 57.0 Å². The summed E-state index contributed by atoms with van der Waals surface area (Å²) >= 11 is 0. The van der Waals surface area contributed by atoms with E-state index in [0.29, 0.717) is 33.6 Å². The van der Waals surface area contributed by atoms with Gasteiger partial charge in [0.25, 0.3) is 0 Å². The molecule has 0 heterocycles. The first-order valence-electron chi connectivity index (χ1n) is 5.96. The second kappa shape index (κ2) is 8.89. The van der Waals surface area contributed by atoms with Gasteiger partial charge in [-0.25, -0.2) is 8.42 Å². The summed E-state index contributed by atoms with van der Waals surface area (Å²) in [5, 5.41) is 1.31. The van der Waals surface area contributed by atoms with Crippen LogP contribution in [0, 0.1) is 0 Å². The summed E-state index contributed by atoms with van der Waals surface area (Å²) in [6.07, 6.45) is 0.697. The highest BCUT2D eigenvalue weighted by Gasteiger charge is 2.36. The maximum absolute atomic E-state index is 11.2. The minimum atomic E-state index is -6.09. The van der Waals surface area contributed by atoms with E-state index >= 15 is 0 Å². The minimum Gasteiger partial charge on any atom is -0.741 e. The van der Waals surface area contributed by atoms with E-state index in [2.05, 4.69) is 27.7 Å². The largest absolute Gasteiger partial charge is 0.741 e. The van der Waals surface area contributed by atoms with Gasteiger partial charge in [-0.05, 0) is 38.6 Å². The molecule has 0 saturated carbocycles. The zero-order valence-corrected chi connectivity index (χ0v) is 13.8. The molecule has 0 aromatic rings. The van der Waals surface area contributed by atoms with E-state index in [9.17, 15) is 18.0 Å². The van der Waals surface area contributed by atoms with E-state index in [1.54, 1.807) is 0 Å². The molecular weight excluding hydrogens is 317 g/mol. The Morgan fingerprint density at radius 3 is 1.60 bits per heavy atom. The molecule has 0 aromatic heterocycles. The highest BCUT2D eigenvalue weighted by Crippen LogP contribution is 2.20. The molecule has 20 heavy (non-hydrogen) atoms. The van der Waals surface area contributed by atoms with Crippen LogP contribution in [0.3, 0.4) is 0 Å². The average Bonchev–Trinajstić information content (AvgIpc) is 2.22. The maximum atomic E-state index is 11.2. The molecule has 0 spiro atoms. The zero-order chi connectivity index (χ0) is 16.7. The zero-order valence-electron chi connectivity index (χ0n) is 12.2. The lowest BCUT2D eigenvalue weighted by molar-refractivity contribution is -0.116. The lowest BCUT2D eigenvalue weighted by atomic mass is 10.4. The maximum Gasteiger partial charge on any atom is 0.485 e. The van der Waals surface area contributed by atoms with Crippen molar-refractivity contribution < 1.29 is 30.9 Å². The molecule has 0 amide bonds. The van der Waals surface area contributed by atoms with Crippen molar-refractivity contribution in [1.82, 2.24) is 0 Å². The fourth-order valence-corrected chi connectivity index (χ4v) is 3.50. The third-order valence-corrected chi connectivity index (χ3v) is 5.86. The van der Waals surface area contributed by atoms with Gasteiger partial charge in [0.1, 0.15) is 10.5 Å². The monoisotopic (exact) mass is 338 g/mol. The standard InChI is InChI=1S/C10H21OS.CHF3O3S/c1-6-10(11)7-12(8(2)3)9(4)5;2-1(3,4)8(5,6)7/h8-9H,6-7H2,1-5H3;(H,5,6,7)/q+1;/p-1. The second-order valence-electron chi connectivity index (χ2n) is 4.50. The van der Waals surface area contributed by atoms with Gasteiger partial charge < -0.3 is 4.55 Å². The molecule has 0 unspecified atom stereocenters. The van der Waals surface area contributed by atoms with Gasteiger partial charge in [0.05, 0.1) is 0 Å². The molecule has 0 aliphatic rings. The normalized spacial score (nSPS) is 12.6. The number of Topliss-reactive ketones (excluding diaryl/α,β-unsaturated/α-hetero) is 1. The van der Waals surface area contributed by atoms with Crippen LogP contribution < -0.4 is 0 Å². The number of halogens is 3. The molecule has 0 N–H and O–H groups in total. The van der Waals surface area contributed by atoms with Crippen molar-refractivity contribution in [3.63, 3.8) is 0 Å². The van der Waals surface area contributed by atoms with Crippen molar-refractivity contribution in [1.29, 1.82) is 0 Å². The molecule has 0 aliphatic carbocycles. The summed E-state index contributed by atoms with van der Waals surface area (Å²) in [6, 6.07) is 0. The van der Waals surface area contributed by atoms with Crippen LogP contribution in [0.1, 0.15) is 41.0 Å². The molecule has 0 aliphatic heterocycles. The fourth-order valence-electron chi connectivity index (χ4n) is 1.17. The van der Waals surface area contributed by atoms with Crippen molar-refractivity contribution in [3.05, 3.63) is 0 Å². The molecule has 0 radical (unpaired) electrons. The Bertz CT molecular complexity index is 381. The molecule has 9 heteroatoms. The van der Waals surface area contributed by atoms with Gasteiger partial charge in [0.2, 0.25) is 0 Å². The van der Waals surface area contributed by atoms with Crippen LogP contribution in [-0.2, 0) is 25.8 Å². The van der Waals surface area contributed by atoms with Gasteiger partial charge in [0.15, 0.2) is 21.7 Å². The van der Waals surface area contributed by atoms with E-state index in [1.807, 2.05) is 6.92 Å². The third-order valence-electron chi connectivity index (χ3n) is 2.22. The number of carbonyl (C=O) groups excluding carboxylic acids is 1. The molecule has 0 aromatic carbocycles.